The van der Waals surface area contributed by atoms with Gasteiger partial charge in [-0.15, -0.1) is 12.4 Å². The highest BCUT2D eigenvalue weighted by Gasteiger charge is 2.62. The lowest BCUT2D eigenvalue weighted by atomic mass is 9.99. The number of nitrogens with two attached hydrogens (primary N) is 1. The van der Waals surface area contributed by atoms with Crippen LogP contribution in [0.2, 0.25) is 0 Å². The van der Waals surface area contributed by atoms with Crippen LogP contribution in [0.4, 0.5) is 22.0 Å². The van der Waals surface area contributed by atoms with Crippen LogP contribution >= 0.6 is 12.4 Å². The first-order valence-electron chi connectivity index (χ1n) is 4.84. The van der Waals surface area contributed by atoms with Gasteiger partial charge in [-0.2, -0.15) is 22.0 Å². The summed E-state index contributed by atoms with van der Waals surface area (Å²) in [6.45, 7) is -0.239. The standard InChI is InChI=1S/C10H8F5NO2.ClH/c11-9(12,10(13,14)15)8(16)5-2-1-3-6-7(5)18-4-17-6;/h1-3,8H,4,16H2;1H/t8-;/m0./s1. The van der Waals surface area contributed by atoms with Gasteiger partial charge in [0.25, 0.3) is 0 Å². The van der Waals surface area contributed by atoms with E-state index in [2.05, 4.69) is 0 Å². The van der Waals surface area contributed by atoms with Gasteiger partial charge in [0.2, 0.25) is 6.79 Å². The minimum atomic E-state index is -5.73. The van der Waals surface area contributed by atoms with Gasteiger partial charge in [-0.1, -0.05) is 12.1 Å². The molecule has 2 rings (SSSR count). The van der Waals surface area contributed by atoms with Crippen LogP contribution in [-0.2, 0) is 0 Å². The summed E-state index contributed by atoms with van der Waals surface area (Å²) in [5.74, 6) is -5.12. The van der Waals surface area contributed by atoms with Gasteiger partial charge < -0.3 is 15.2 Å². The van der Waals surface area contributed by atoms with Gasteiger partial charge in [0, 0.05) is 5.56 Å². The molecule has 0 aliphatic carbocycles. The van der Waals surface area contributed by atoms with E-state index in [1.807, 2.05) is 0 Å². The maximum absolute atomic E-state index is 13.1. The lowest BCUT2D eigenvalue weighted by Gasteiger charge is -2.26. The van der Waals surface area contributed by atoms with E-state index in [4.69, 9.17) is 15.2 Å². The Balaban J connectivity index is 0.00000180. The van der Waals surface area contributed by atoms with Crippen LogP contribution in [-0.4, -0.2) is 18.9 Å². The second-order valence-corrected chi connectivity index (χ2v) is 3.68. The molecule has 1 atom stereocenters. The summed E-state index contributed by atoms with van der Waals surface area (Å²) in [4.78, 5) is 0. The number of benzene rings is 1. The Bertz CT molecular complexity index is 466. The van der Waals surface area contributed by atoms with Crippen molar-refractivity contribution < 1.29 is 31.4 Å². The highest BCUT2D eigenvalue weighted by molar-refractivity contribution is 5.85. The topological polar surface area (TPSA) is 44.5 Å². The second-order valence-electron chi connectivity index (χ2n) is 3.68. The number of ether oxygens (including phenoxy) is 2. The molecule has 1 heterocycles. The number of para-hydroxylation sites is 1. The average Bonchev–Trinajstić information content (AvgIpc) is 2.73. The van der Waals surface area contributed by atoms with E-state index in [-0.39, 0.29) is 30.7 Å². The number of halogens is 6. The Morgan fingerprint density at radius 3 is 2.32 bits per heavy atom. The summed E-state index contributed by atoms with van der Waals surface area (Å²) in [7, 11) is 0. The Kier molecular flexibility index (Phi) is 4.16. The van der Waals surface area contributed by atoms with Gasteiger partial charge in [0.05, 0.1) is 0 Å². The summed E-state index contributed by atoms with van der Waals surface area (Å²) < 4.78 is 72.7. The number of alkyl halides is 5. The number of rotatable bonds is 2. The van der Waals surface area contributed by atoms with Gasteiger partial charge in [-0.05, 0) is 6.07 Å². The molecule has 0 spiro atoms. The second kappa shape index (κ2) is 5.01. The number of hydrogen-bond acceptors (Lipinski definition) is 3. The van der Waals surface area contributed by atoms with Crippen LogP contribution in [0.5, 0.6) is 11.5 Å². The summed E-state index contributed by atoms with van der Waals surface area (Å²) in [5.41, 5.74) is 4.59. The van der Waals surface area contributed by atoms with Crippen molar-refractivity contribution in [3.8, 4) is 11.5 Å². The third kappa shape index (κ3) is 2.55. The Morgan fingerprint density at radius 1 is 1.11 bits per heavy atom. The van der Waals surface area contributed by atoms with E-state index in [1.165, 1.54) is 12.1 Å². The van der Waals surface area contributed by atoms with E-state index in [0.717, 1.165) is 6.07 Å². The predicted octanol–water partition coefficient (Wildman–Crippen LogP) is 3.03. The molecule has 0 fully saturated rings. The Morgan fingerprint density at radius 2 is 1.74 bits per heavy atom. The van der Waals surface area contributed by atoms with Crippen molar-refractivity contribution in [2.24, 2.45) is 5.73 Å². The first-order valence-corrected chi connectivity index (χ1v) is 4.84. The number of fused-ring (bicyclic) bond motifs is 1. The van der Waals surface area contributed by atoms with Crippen molar-refractivity contribution in [1.82, 2.24) is 0 Å². The lowest BCUT2D eigenvalue weighted by Crippen LogP contribution is -2.45. The van der Waals surface area contributed by atoms with Crippen molar-refractivity contribution in [3.63, 3.8) is 0 Å². The molecular weight excluding hydrogens is 297 g/mol. The molecule has 0 amide bonds. The van der Waals surface area contributed by atoms with Gasteiger partial charge >= 0.3 is 12.1 Å². The van der Waals surface area contributed by atoms with E-state index < -0.39 is 23.7 Å². The van der Waals surface area contributed by atoms with Crippen LogP contribution in [0.25, 0.3) is 0 Å². The molecule has 0 saturated carbocycles. The quantitative estimate of drug-likeness (QED) is 0.854. The summed E-state index contributed by atoms with van der Waals surface area (Å²) in [5, 5.41) is 0. The lowest BCUT2D eigenvalue weighted by molar-refractivity contribution is -0.291. The zero-order valence-corrected chi connectivity index (χ0v) is 10.0. The fourth-order valence-corrected chi connectivity index (χ4v) is 1.57. The fraction of sp³-hybridized carbons (Fsp3) is 0.400. The molecule has 0 aromatic heterocycles. The first-order chi connectivity index (χ1) is 8.25. The molecule has 19 heavy (non-hydrogen) atoms. The molecule has 1 aliphatic rings. The van der Waals surface area contributed by atoms with Crippen LogP contribution in [0.3, 0.4) is 0 Å². The van der Waals surface area contributed by atoms with E-state index in [9.17, 15) is 22.0 Å². The van der Waals surface area contributed by atoms with Crippen molar-refractivity contribution >= 4 is 12.4 Å². The van der Waals surface area contributed by atoms with Gasteiger partial charge in [-0.3, -0.25) is 0 Å². The normalized spacial score (nSPS) is 15.9. The highest BCUT2D eigenvalue weighted by Crippen LogP contribution is 2.47. The van der Waals surface area contributed by atoms with Crippen molar-refractivity contribution in [2.45, 2.75) is 18.1 Å². The molecule has 1 aromatic rings. The summed E-state index contributed by atoms with van der Waals surface area (Å²) in [6.07, 6.45) is -5.73. The fourth-order valence-electron chi connectivity index (χ4n) is 1.57. The molecule has 1 aliphatic heterocycles. The molecule has 108 valence electrons. The van der Waals surface area contributed by atoms with Crippen LogP contribution in [0.15, 0.2) is 18.2 Å². The van der Waals surface area contributed by atoms with E-state index in [1.54, 1.807) is 0 Å². The van der Waals surface area contributed by atoms with Crippen molar-refractivity contribution in [3.05, 3.63) is 23.8 Å². The minimum absolute atomic E-state index is 0. The minimum Gasteiger partial charge on any atom is -0.454 e. The van der Waals surface area contributed by atoms with Gasteiger partial charge in [0.1, 0.15) is 6.04 Å². The van der Waals surface area contributed by atoms with Gasteiger partial charge in [0.15, 0.2) is 11.5 Å². The third-order valence-corrected chi connectivity index (χ3v) is 2.53. The molecule has 0 unspecified atom stereocenters. The molecule has 3 nitrogen and oxygen atoms in total. The highest BCUT2D eigenvalue weighted by atomic mass is 35.5. The van der Waals surface area contributed by atoms with E-state index >= 15 is 0 Å². The zero-order valence-electron chi connectivity index (χ0n) is 9.21. The van der Waals surface area contributed by atoms with Crippen LogP contribution < -0.4 is 15.2 Å². The smallest absolute Gasteiger partial charge is 0.454 e. The zero-order chi connectivity index (χ0) is 13.6. The monoisotopic (exact) mass is 305 g/mol. The maximum Gasteiger partial charge on any atom is 0.455 e. The summed E-state index contributed by atoms with van der Waals surface area (Å²) in [6, 6.07) is 1.17. The predicted molar refractivity (Wildman–Crippen MR) is 57.7 cm³/mol. The number of hydrogen-bond donors (Lipinski definition) is 1. The van der Waals surface area contributed by atoms with Crippen LogP contribution in [0, 0.1) is 0 Å². The summed E-state index contributed by atoms with van der Waals surface area (Å²) >= 11 is 0. The molecule has 0 saturated heterocycles. The Labute approximate surface area is 110 Å². The molecular formula is C10H9ClF5NO2. The maximum atomic E-state index is 13.1. The third-order valence-electron chi connectivity index (χ3n) is 2.53. The molecule has 1 aromatic carbocycles. The van der Waals surface area contributed by atoms with Crippen molar-refractivity contribution in [1.29, 1.82) is 0 Å². The van der Waals surface area contributed by atoms with E-state index in [0.29, 0.717) is 0 Å². The molecule has 2 N–H and O–H groups in total. The Hall–Kier alpha value is -1.28. The molecule has 0 bridgehead atoms. The average molecular weight is 306 g/mol. The molecule has 0 radical (unpaired) electrons. The van der Waals surface area contributed by atoms with Gasteiger partial charge in [-0.25, -0.2) is 0 Å². The SMILES string of the molecule is Cl.N[C@@H](c1cccc2c1OCO2)C(F)(F)C(F)(F)F. The molecule has 9 heteroatoms. The van der Waals surface area contributed by atoms with Crippen LogP contribution in [0.1, 0.15) is 11.6 Å². The largest absolute Gasteiger partial charge is 0.455 e. The first kappa shape index (κ1) is 15.8. The van der Waals surface area contributed by atoms with Crippen molar-refractivity contribution in [2.75, 3.05) is 6.79 Å².